The third-order valence-electron chi connectivity index (χ3n) is 6.79. The number of rotatable bonds is 28. The lowest BCUT2D eigenvalue weighted by molar-refractivity contribution is -0.870. The first-order chi connectivity index (χ1) is 20.5. The monoisotopic (exact) mass is 626 g/mol. The summed E-state index contributed by atoms with van der Waals surface area (Å²) >= 11 is 0. The van der Waals surface area contributed by atoms with Gasteiger partial charge in [0.25, 0.3) is 7.82 Å². The van der Waals surface area contributed by atoms with Crippen molar-refractivity contribution in [3.8, 4) is 0 Å². The van der Waals surface area contributed by atoms with E-state index in [0.29, 0.717) is 17.4 Å². The van der Waals surface area contributed by atoms with Gasteiger partial charge in [-0.2, -0.15) is 0 Å². The molecule has 0 aromatic heterocycles. The van der Waals surface area contributed by atoms with Crippen molar-refractivity contribution < 1.29 is 32.9 Å². The summed E-state index contributed by atoms with van der Waals surface area (Å²) < 4.78 is 22.9. The lowest BCUT2D eigenvalue weighted by atomic mass is 10.1. The maximum absolute atomic E-state index is 12.6. The van der Waals surface area contributed by atoms with Crippen LogP contribution in [-0.4, -0.2) is 68.5 Å². The van der Waals surface area contributed by atoms with Crippen LogP contribution in [0.3, 0.4) is 0 Å². The molecule has 0 fully saturated rings. The fraction of sp³-hybridized carbons (Fsp3) is 0.735. The van der Waals surface area contributed by atoms with Crippen LogP contribution in [0.25, 0.3) is 0 Å². The zero-order chi connectivity index (χ0) is 32.2. The lowest BCUT2D eigenvalue weighted by Gasteiger charge is -2.29. The highest BCUT2D eigenvalue weighted by molar-refractivity contribution is 7.45. The van der Waals surface area contributed by atoms with Crippen molar-refractivity contribution in [2.45, 2.75) is 122 Å². The number of nitrogens with zero attached hydrogens (tertiary/aromatic N) is 1. The second-order valence-electron chi connectivity index (χ2n) is 12.1. The molecule has 3 unspecified atom stereocenters. The number of carbonyl (C=O) groups is 1. The molecular formula is C34H63N2O6P. The molecule has 0 aromatic carbocycles. The zero-order valence-corrected chi connectivity index (χ0v) is 28.8. The van der Waals surface area contributed by atoms with Gasteiger partial charge in [-0.15, -0.1) is 0 Å². The number of quaternary nitrogens is 1. The molecule has 8 nitrogen and oxygen atoms in total. The van der Waals surface area contributed by atoms with Gasteiger partial charge in [-0.05, 0) is 51.4 Å². The summed E-state index contributed by atoms with van der Waals surface area (Å²) in [6, 6.07) is -0.891. The van der Waals surface area contributed by atoms with E-state index in [1.807, 2.05) is 27.2 Å². The molecule has 0 rings (SSSR count). The Bertz CT molecular complexity index is 850. The first-order valence-corrected chi connectivity index (χ1v) is 18.0. The summed E-state index contributed by atoms with van der Waals surface area (Å²) in [5.41, 5.74) is 0. The minimum atomic E-state index is -4.57. The summed E-state index contributed by atoms with van der Waals surface area (Å²) in [4.78, 5) is 24.9. The van der Waals surface area contributed by atoms with Gasteiger partial charge in [-0.1, -0.05) is 101 Å². The molecule has 43 heavy (non-hydrogen) atoms. The van der Waals surface area contributed by atoms with Crippen molar-refractivity contribution in [2.24, 2.45) is 0 Å². The van der Waals surface area contributed by atoms with Crippen LogP contribution < -0.4 is 10.2 Å². The number of hydrogen-bond donors (Lipinski definition) is 2. The molecule has 0 aromatic rings. The number of carbonyl (C=O) groups excluding carboxylic acids is 1. The largest absolute Gasteiger partial charge is 0.756 e. The van der Waals surface area contributed by atoms with Crippen molar-refractivity contribution >= 4 is 13.7 Å². The van der Waals surface area contributed by atoms with Crippen LogP contribution in [0.2, 0.25) is 0 Å². The van der Waals surface area contributed by atoms with Gasteiger partial charge >= 0.3 is 0 Å². The second kappa shape index (κ2) is 26.8. The van der Waals surface area contributed by atoms with E-state index in [-0.39, 0.29) is 12.5 Å². The number of amides is 1. The maximum Gasteiger partial charge on any atom is 0.268 e. The van der Waals surface area contributed by atoms with Crippen LogP contribution in [0.1, 0.15) is 110 Å². The predicted molar refractivity (Wildman–Crippen MR) is 178 cm³/mol. The van der Waals surface area contributed by atoms with Gasteiger partial charge in [0.2, 0.25) is 5.91 Å². The summed E-state index contributed by atoms with van der Waals surface area (Å²) in [5.74, 6) is -0.225. The number of unbranched alkanes of at least 4 members (excludes halogenated alkanes) is 9. The quantitative estimate of drug-likeness (QED) is 0.0413. The van der Waals surface area contributed by atoms with Gasteiger partial charge < -0.3 is 28.8 Å². The van der Waals surface area contributed by atoms with E-state index in [1.165, 1.54) is 6.42 Å². The molecule has 0 heterocycles. The Balaban J connectivity index is 4.51. The van der Waals surface area contributed by atoms with Gasteiger partial charge in [-0.25, -0.2) is 0 Å². The molecule has 2 N–H and O–H groups in total. The van der Waals surface area contributed by atoms with Crippen molar-refractivity contribution in [1.29, 1.82) is 0 Å². The van der Waals surface area contributed by atoms with Gasteiger partial charge in [-0.3, -0.25) is 9.36 Å². The summed E-state index contributed by atoms with van der Waals surface area (Å²) in [5, 5.41) is 13.5. The number of phosphoric acid groups is 1. The number of phosphoric ester groups is 1. The first kappa shape index (κ1) is 41.5. The zero-order valence-electron chi connectivity index (χ0n) is 27.9. The Morgan fingerprint density at radius 2 is 1.42 bits per heavy atom. The Hall–Kier alpha value is -1.54. The van der Waals surface area contributed by atoms with Crippen molar-refractivity contribution in [3.05, 3.63) is 48.6 Å². The predicted octanol–water partition coefficient (Wildman–Crippen LogP) is 7.16. The molecule has 0 aliphatic rings. The number of aliphatic hydroxyl groups excluding tert-OH is 1. The summed E-state index contributed by atoms with van der Waals surface area (Å²) in [6.07, 6.45) is 30.4. The van der Waals surface area contributed by atoms with Crippen LogP contribution in [-0.2, 0) is 18.4 Å². The van der Waals surface area contributed by atoms with Crippen molar-refractivity contribution in [2.75, 3.05) is 40.9 Å². The maximum atomic E-state index is 12.6. The first-order valence-electron chi connectivity index (χ1n) is 16.5. The van der Waals surface area contributed by atoms with Gasteiger partial charge in [0.05, 0.1) is 39.9 Å². The molecule has 3 atom stereocenters. The van der Waals surface area contributed by atoms with E-state index in [1.54, 1.807) is 6.08 Å². The molecule has 0 saturated carbocycles. The van der Waals surface area contributed by atoms with E-state index in [0.717, 1.165) is 83.5 Å². The lowest BCUT2D eigenvalue weighted by Crippen LogP contribution is -2.45. The molecule has 1 amide bonds. The Morgan fingerprint density at radius 3 is 2.07 bits per heavy atom. The molecule has 9 heteroatoms. The third-order valence-corrected chi connectivity index (χ3v) is 7.76. The van der Waals surface area contributed by atoms with Crippen LogP contribution in [0.5, 0.6) is 0 Å². The SMILES string of the molecule is CC/C=C\C/C=C\C/C=C\CCCCCCCC(=O)NC(COP(=O)([O-])OCC[N+](C)(C)C)C(O)/C=C/CCCCCC. The van der Waals surface area contributed by atoms with Crippen molar-refractivity contribution in [3.63, 3.8) is 0 Å². The van der Waals surface area contributed by atoms with Crippen molar-refractivity contribution in [1.82, 2.24) is 5.32 Å². The Labute approximate surface area is 263 Å². The number of likely N-dealkylation sites (N-methyl/N-ethyl adjacent to an activating group) is 1. The minimum absolute atomic E-state index is 0.00759. The topological polar surface area (TPSA) is 108 Å². The van der Waals surface area contributed by atoms with Crippen LogP contribution in [0, 0.1) is 0 Å². The highest BCUT2D eigenvalue weighted by Crippen LogP contribution is 2.38. The third kappa shape index (κ3) is 29.0. The molecule has 0 aliphatic carbocycles. The highest BCUT2D eigenvalue weighted by atomic mass is 31.2. The Kier molecular flexibility index (Phi) is 25.9. The van der Waals surface area contributed by atoms with Crippen LogP contribution in [0.4, 0.5) is 0 Å². The molecule has 0 spiro atoms. The fourth-order valence-corrected chi connectivity index (χ4v) is 4.83. The van der Waals surface area contributed by atoms with E-state index >= 15 is 0 Å². The number of hydrogen-bond acceptors (Lipinski definition) is 6. The van der Waals surface area contributed by atoms with E-state index in [4.69, 9.17) is 9.05 Å². The molecule has 250 valence electrons. The molecule has 0 saturated heterocycles. The fourth-order valence-electron chi connectivity index (χ4n) is 4.10. The minimum Gasteiger partial charge on any atom is -0.756 e. The average molecular weight is 627 g/mol. The van der Waals surface area contributed by atoms with Crippen LogP contribution in [0.15, 0.2) is 48.6 Å². The number of allylic oxidation sites excluding steroid dienone is 7. The van der Waals surface area contributed by atoms with Gasteiger partial charge in [0.15, 0.2) is 0 Å². The molecule has 0 bridgehead atoms. The second-order valence-corrected chi connectivity index (χ2v) is 13.5. The van der Waals surface area contributed by atoms with E-state index < -0.39 is 26.6 Å². The van der Waals surface area contributed by atoms with E-state index in [9.17, 15) is 19.4 Å². The van der Waals surface area contributed by atoms with E-state index in [2.05, 4.69) is 55.6 Å². The standard InChI is InChI=1S/C34H63N2O6P/c1-6-8-10-12-14-15-16-17-18-19-20-21-22-24-26-28-34(38)35-32(33(37)27-25-23-13-11-9-7-2)31-42-43(39,40)41-30-29-36(3,4)5/h8,10,14-15,17-18,25,27,32-33,37H,6-7,9,11-13,16,19-24,26,28-31H2,1-5H3,(H-,35,38,39,40)/b10-8-,15-14-,18-17-,27-25+. The highest BCUT2D eigenvalue weighted by Gasteiger charge is 2.23. The smallest absolute Gasteiger partial charge is 0.268 e. The van der Waals surface area contributed by atoms with Crippen LogP contribution >= 0.6 is 7.82 Å². The van der Waals surface area contributed by atoms with Gasteiger partial charge in [0.1, 0.15) is 13.2 Å². The molecule has 0 aliphatic heterocycles. The summed E-state index contributed by atoms with van der Waals surface area (Å²) in [6.45, 7) is 4.38. The molecular weight excluding hydrogens is 563 g/mol. The molecule has 0 radical (unpaired) electrons. The number of nitrogens with one attached hydrogen (secondary N) is 1. The normalized spacial score (nSPS) is 15.6. The number of aliphatic hydroxyl groups is 1. The summed E-state index contributed by atoms with van der Waals surface area (Å²) in [7, 11) is 1.23. The average Bonchev–Trinajstić information content (AvgIpc) is 2.94. The van der Waals surface area contributed by atoms with Gasteiger partial charge in [0, 0.05) is 6.42 Å². The Morgan fingerprint density at radius 1 is 0.837 bits per heavy atom.